The third-order valence-corrected chi connectivity index (χ3v) is 8.49. The van der Waals surface area contributed by atoms with Gasteiger partial charge < -0.3 is 4.90 Å². The number of amides is 1. The lowest BCUT2D eigenvalue weighted by atomic mass is 10.2. The number of nitrogens with zero attached hydrogens (tertiary/aromatic N) is 5. The highest BCUT2D eigenvalue weighted by Crippen LogP contribution is 2.35. The Balaban J connectivity index is 1.42. The highest BCUT2D eigenvalue weighted by atomic mass is 32.2. The molecule has 0 bridgehead atoms. The summed E-state index contributed by atoms with van der Waals surface area (Å²) in [5.74, 6) is 0.627. The summed E-state index contributed by atoms with van der Waals surface area (Å²) in [7, 11) is -3.48. The van der Waals surface area contributed by atoms with E-state index in [0.29, 0.717) is 62.4 Å². The van der Waals surface area contributed by atoms with Crippen molar-refractivity contribution in [3.05, 3.63) is 40.4 Å². The molecule has 1 aliphatic heterocycles. The zero-order valence-corrected chi connectivity index (χ0v) is 19.6. The van der Waals surface area contributed by atoms with Crippen LogP contribution < -0.4 is 5.56 Å². The molecule has 0 radical (unpaired) electrons. The maximum atomic E-state index is 13.0. The molecular formula is C22H31N5O4S. The van der Waals surface area contributed by atoms with Crippen molar-refractivity contribution in [1.82, 2.24) is 23.1 Å². The molecule has 10 heteroatoms. The summed E-state index contributed by atoms with van der Waals surface area (Å²) in [5, 5.41) is 0.611. The fourth-order valence-electron chi connectivity index (χ4n) is 4.34. The smallest absolute Gasteiger partial charge is 0.282 e. The number of carbonyl (C=O) groups is 1. The van der Waals surface area contributed by atoms with E-state index in [1.807, 2.05) is 32.0 Å². The highest BCUT2D eigenvalue weighted by molar-refractivity contribution is 7.86. The third-order valence-electron chi connectivity index (χ3n) is 6.30. The summed E-state index contributed by atoms with van der Waals surface area (Å²) >= 11 is 0. The van der Waals surface area contributed by atoms with Crippen LogP contribution in [0, 0.1) is 0 Å². The number of hydrogen-bond donors (Lipinski definition) is 0. The fourth-order valence-corrected chi connectivity index (χ4v) is 5.94. The number of rotatable bonds is 8. The van der Waals surface area contributed by atoms with E-state index in [0.717, 1.165) is 12.8 Å². The Morgan fingerprint density at radius 3 is 2.38 bits per heavy atom. The van der Waals surface area contributed by atoms with E-state index < -0.39 is 10.2 Å². The predicted octanol–water partition coefficient (Wildman–Crippen LogP) is 1.39. The first-order chi connectivity index (χ1) is 15.4. The molecule has 174 valence electrons. The van der Waals surface area contributed by atoms with Crippen molar-refractivity contribution in [3.63, 3.8) is 0 Å². The number of fused-ring (bicyclic) bond motifs is 1. The molecule has 0 atom stereocenters. The lowest BCUT2D eigenvalue weighted by molar-refractivity contribution is -0.132. The van der Waals surface area contributed by atoms with Crippen LogP contribution in [0.15, 0.2) is 29.1 Å². The van der Waals surface area contributed by atoms with Crippen LogP contribution in [-0.4, -0.2) is 76.7 Å². The van der Waals surface area contributed by atoms with E-state index in [2.05, 4.69) is 0 Å². The number of aryl methyl sites for hydroxylation is 1. The van der Waals surface area contributed by atoms with Gasteiger partial charge in [-0.3, -0.25) is 14.2 Å². The first kappa shape index (κ1) is 22.9. The molecule has 2 aromatic rings. The van der Waals surface area contributed by atoms with Crippen molar-refractivity contribution in [2.45, 2.75) is 45.6 Å². The summed E-state index contributed by atoms with van der Waals surface area (Å²) in [5.41, 5.74) is 0.628. The van der Waals surface area contributed by atoms with Crippen molar-refractivity contribution < 1.29 is 13.2 Å². The van der Waals surface area contributed by atoms with Crippen LogP contribution in [0.4, 0.5) is 0 Å². The molecular weight excluding hydrogens is 430 g/mol. The minimum atomic E-state index is -3.48. The Morgan fingerprint density at radius 1 is 1.09 bits per heavy atom. The van der Waals surface area contributed by atoms with Crippen LogP contribution >= 0.6 is 0 Å². The van der Waals surface area contributed by atoms with Crippen molar-refractivity contribution in [1.29, 1.82) is 0 Å². The van der Waals surface area contributed by atoms with E-state index in [9.17, 15) is 18.0 Å². The maximum Gasteiger partial charge on any atom is 0.282 e. The number of hydrogen-bond acceptors (Lipinski definition) is 5. The lowest BCUT2D eigenvalue weighted by Gasteiger charge is -2.36. The molecule has 1 saturated heterocycles. The Kier molecular flexibility index (Phi) is 6.64. The van der Waals surface area contributed by atoms with Gasteiger partial charge in [0.15, 0.2) is 0 Å². The van der Waals surface area contributed by atoms with Crippen molar-refractivity contribution in [2.75, 3.05) is 39.3 Å². The van der Waals surface area contributed by atoms with Crippen molar-refractivity contribution in [3.8, 4) is 0 Å². The van der Waals surface area contributed by atoms with Crippen molar-refractivity contribution in [2.24, 2.45) is 0 Å². The second-order valence-corrected chi connectivity index (χ2v) is 10.3. The number of para-hydroxylation sites is 1. The van der Waals surface area contributed by atoms with Gasteiger partial charge in [-0.2, -0.15) is 17.0 Å². The van der Waals surface area contributed by atoms with Gasteiger partial charge in [-0.15, -0.1) is 0 Å². The van der Waals surface area contributed by atoms with E-state index in [-0.39, 0.29) is 23.9 Å². The third kappa shape index (κ3) is 4.44. The van der Waals surface area contributed by atoms with E-state index in [1.165, 1.54) is 8.61 Å². The summed E-state index contributed by atoms with van der Waals surface area (Å²) in [6.45, 7) is 5.85. The normalized spacial score (nSPS) is 17.9. The molecule has 1 aromatic heterocycles. The summed E-state index contributed by atoms with van der Waals surface area (Å²) in [6, 6.07) is 7.50. The van der Waals surface area contributed by atoms with Gasteiger partial charge >= 0.3 is 0 Å². The Hall–Kier alpha value is -2.30. The van der Waals surface area contributed by atoms with Crippen LogP contribution in [0.1, 0.15) is 45.0 Å². The Bertz CT molecular complexity index is 1150. The molecule has 1 aromatic carbocycles. The van der Waals surface area contributed by atoms with Crippen LogP contribution in [0.3, 0.4) is 0 Å². The monoisotopic (exact) mass is 461 g/mol. The SMILES string of the molecule is CCN(CC)S(=O)(=O)N1CCN(C(=O)CCc2nc3ccccc3c(=O)n2C2CC2)CC1. The average molecular weight is 462 g/mol. The first-order valence-electron chi connectivity index (χ1n) is 11.4. The minimum absolute atomic E-state index is 0.0317. The molecule has 32 heavy (non-hydrogen) atoms. The molecule has 9 nitrogen and oxygen atoms in total. The zero-order valence-electron chi connectivity index (χ0n) is 18.7. The van der Waals surface area contributed by atoms with Crippen molar-refractivity contribution >= 4 is 27.0 Å². The number of piperazine rings is 1. The zero-order chi connectivity index (χ0) is 22.9. The molecule has 2 fully saturated rings. The molecule has 1 saturated carbocycles. The van der Waals surface area contributed by atoms with Gasteiger partial charge in [0, 0.05) is 58.2 Å². The van der Waals surface area contributed by atoms with E-state index >= 15 is 0 Å². The van der Waals surface area contributed by atoms with Gasteiger partial charge in [-0.1, -0.05) is 26.0 Å². The summed E-state index contributed by atoms with van der Waals surface area (Å²) in [4.78, 5) is 32.2. The fraction of sp³-hybridized carbons (Fsp3) is 0.591. The van der Waals surface area contributed by atoms with E-state index in [1.54, 1.807) is 15.5 Å². The van der Waals surface area contributed by atoms with Crippen LogP contribution in [0.2, 0.25) is 0 Å². The molecule has 0 unspecified atom stereocenters. The molecule has 1 aliphatic carbocycles. The lowest BCUT2D eigenvalue weighted by Crippen LogP contribution is -2.54. The molecule has 0 spiro atoms. The van der Waals surface area contributed by atoms with Gasteiger partial charge in [-0.05, 0) is 25.0 Å². The van der Waals surface area contributed by atoms with Crippen LogP contribution in [-0.2, 0) is 21.4 Å². The van der Waals surface area contributed by atoms with Gasteiger partial charge in [0.05, 0.1) is 10.9 Å². The number of carbonyl (C=O) groups excluding carboxylic acids is 1. The minimum Gasteiger partial charge on any atom is -0.340 e. The number of aromatic nitrogens is 2. The van der Waals surface area contributed by atoms with E-state index in [4.69, 9.17) is 4.98 Å². The summed E-state index contributed by atoms with van der Waals surface area (Å²) in [6.07, 6.45) is 2.57. The standard InChI is InChI=1S/C22H31N5O4S/c1-3-25(4-2)32(30,31)26-15-13-24(14-16-26)21(28)12-11-20-23-19-8-6-5-7-18(19)22(29)27(20)17-9-10-17/h5-8,17H,3-4,9-16H2,1-2H3. The molecule has 1 amide bonds. The molecule has 4 rings (SSSR count). The van der Waals surface area contributed by atoms with Crippen LogP contribution in [0.5, 0.6) is 0 Å². The topological polar surface area (TPSA) is 95.8 Å². The highest BCUT2D eigenvalue weighted by Gasteiger charge is 2.32. The average Bonchev–Trinajstić information content (AvgIpc) is 3.63. The quantitative estimate of drug-likeness (QED) is 0.592. The maximum absolute atomic E-state index is 13.0. The second kappa shape index (κ2) is 9.29. The molecule has 2 heterocycles. The van der Waals surface area contributed by atoms with Gasteiger partial charge in [0.25, 0.3) is 15.8 Å². The van der Waals surface area contributed by atoms with Gasteiger partial charge in [0.1, 0.15) is 5.82 Å². The largest absolute Gasteiger partial charge is 0.340 e. The molecule has 2 aliphatic rings. The van der Waals surface area contributed by atoms with Gasteiger partial charge in [0.2, 0.25) is 5.91 Å². The molecule has 0 N–H and O–H groups in total. The Labute approximate surface area is 188 Å². The number of benzene rings is 1. The van der Waals surface area contributed by atoms with Gasteiger partial charge in [-0.25, -0.2) is 4.98 Å². The predicted molar refractivity (Wildman–Crippen MR) is 123 cm³/mol. The first-order valence-corrected chi connectivity index (χ1v) is 12.8. The second-order valence-electron chi connectivity index (χ2n) is 8.32. The summed E-state index contributed by atoms with van der Waals surface area (Å²) < 4.78 is 30.0. The van der Waals surface area contributed by atoms with Crippen LogP contribution in [0.25, 0.3) is 10.9 Å². The Morgan fingerprint density at radius 2 is 1.75 bits per heavy atom.